The summed E-state index contributed by atoms with van der Waals surface area (Å²) in [6.45, 7) is 0.352. The van der Waals surface area contributed by atoms with Gasteiger partial charge in [-0.2, -0.15) is 0 Å². The lowest BCUT2D eigenvalue weighted by molar-refractivity contribution is -0.116. The highest BCUT2D eigenvalue weighted by atomic mass is 35.5. The van der Waals surface area contributed by atoms with Crippen LogP contribution in [0.1, 0.15) is 11.1 Å². The number of benzene rings is 1. The van der Waals surface area contributed by atoms with Crippen molar-refractivity contribution in [2.75, 3.05) is 7.11 Å². The number of nitrogens with one attached hydrogen (secondary N) is 1. The van der Waals surface area contributed by atoms with E-state index in [0.29, 0.717) is 18.0 Å². The van der Waals surface area contributed by atoms with E-state index >= 15 is 0 Å². The molecule has 1 aromatic carbocycles. The number of ether oxygens (including phenoxy) is 1. The molecule has 0 radical (unpaired) electrons. The lowest BCUT2D eigenvalue weighted by Gasteiger charge is -2.03. The fourth-order valence-electron chi connectivity index (χ4n) is 1.67. The third kappa shape index (κ3) is 4.56. The normalized spacial score (nSPS) is 10.7. The number of halogens is 2. The first-order valence-corrected chi connectivity index (χ1v) is 6.86. The van der Waals surface area contributed by atoms with Crippen LogP contribution in [-0.4, -0.2) is 18.0 Å². The van der Waals surface area contributed by atoms with Crippen molar-refractivity contribution in [2.45, 2.75) is 6.54 Å². The van der Waals surface area contributed by atoms with Gasteiger partial charge in [0.15, 0.2) is 0 Å². The summed E-state index contributed by atoms with van der Waals surface area (Å²) >= 11 is 5.67. The van der Waals surface area contributed by atoms with E-state index in [9.17, 15) is 9.18 Å². The molecule has 1 heterocycles. The van der Waals surface area contributed by atoms with Gasteiger partial charge in [0.2, 0.25) is 11.8 Å². The van der Waals surface area contributed by atoms with Crippen LogP contribution in [0.15, 0.2) is 42.6 Å². The molecule has 4 nitrogen and oxygen atoms in total. The van der Waals surface area contributed by atoms with Crippen LogP contribution in [0.3, 0.4) is 0 Å². The molecule has 2 rings (SSSR count). The molecule has 0 atom stereocenters. The smallest absolute Gasteiger partial charge is 0.244 e. The molecule has 0 spiro atoms. The third-order valence-electron chi connectivity index (χ3n) is 2.84. The van der Waals surface area contributed by atoms with Gasteiger partial charge in [-0.15, -0.1) is 0 Å². The number of rotatable bonds is 5. The Morgan fingerprint density at radius 3 is 2.86 bits per heavy atom. The molecule has 114 valence electrons. The van der Waals surface area contributed by atoms with Crippen molar-refractivity contribution in [1.82, 2.24) is 10.3 Å². The Bertz CT molecular complexity index is 687. The average molecular weight is 321 g/mol. The largest absolute Gasteiger partial charge is 0.481 e. The van der Waals surface area contributed by atoms with Crippen LogP contribution in [0.2, 0.25) is 5.02 Å². The zero-order chi connectivity index (χ0) is 15.9. The van der Waals surface area contributed by atoms with Gasteiger partial charge < -0.3 is 10.1 Å². The fourth-order valence-corrected chi connectivity index (χ4v) is 1.86. The van der Waals surface area contributed by atoms with Crippen LogP contribution < -0.4 is 10.1 Å². The van der Waals surface area contributed by atoms with Gasteiger partial charge in [-0.3, -0.25) is 4.79 Å². The number of amides is 1. The Morgan fingerprint density at radius 2 is 2.23 bits per heavy atom. The molecule has 1 N–H and O–H groups in total. The average Bonchev–Trinajstić information content (AvgIpc) is 2.54. The Hall–Kier alpha value is -2.40. The van der Waals surface area contributed by atoms with Crippen LogP contribution in [-0.2, 0) is 11.3 Å². The van der Waals surface area contributed by atoms with Crippen LogP contribution in [0.5, 0.6) is 5.88 Å². The quantitative estimate of drug-likeness (QED) is 0.861. The standard InChI is InChI=1S/C16H14ClFN2O2/c1-22-16-7-4-12(10-20-16)9-19-15(21)6-3-11-2-5-14(18)13(17)8-11/h2-8,10H,9H2,1H3,(H,19,21)/b6-3+. The van der Waals surface area contributed by atoms with Crippen LogP contribution in [0.4, 0.5) is 4.39 Å². The highest BCUT2D eigenvalue weighted by Gasteiger charge is 2.01. The second-order valence-electron chi connectivity index (χ2n) is 4.43. The number of pyridine rings is 1. The van der Waals surface area contributed by atoms with Gasteiger partial charge in [-0.05, 0) is 29.3 Å². The first-order valence-electron chi connectivity index (χ1n) is 6.48. The van der Waals surface area contributed by atoms with E-state index in [0.717, 1.165) is 5.56 Å². The number of carbonyl (C=O) groups excluding carboxylic acids is 1. The molecule has 22 heavy (non-hydrogen) atoms. The molecule has 0 saturated heterocycles. The van der Waals surface area contributed by atoms with Gasteiger partial charge in [0.25, 0.3) is 0 Å². The van der Waals surface area contributed by atoms with E-state index in [1.165, 1.54) is 25.3 Å². The van der Waals surface area contributed by atoms with Gasteiger partial charge in [0.1, 0.15) is 5.82 Å². The number of aromatic nitrogens is 1. The summed E-state index contributed by atoms with van der Waals surface area (Å²) in [4.78, 5) is 15.8. The lowest BCUT2D eigenvalue weighted by Crippen LogP contribution is -2.20. The first-order chi connectivity index (χ1) is 10.6. The highest BCUT2D eigenvalue weighted by Crippen LogP contribution is 2.16. The van der Waals surface area contributed by atoms with Crippen molar-refractivity contribution in [3.05, 3.63) is 64.6 Å². The minimum atomic E-state index is -0.490. The summed E-state index contributed by atoms with van der Waals surface area (Å²) in [6.07, 6.45) is 4.55. The van der Waals surface area contributed by atoms with Gasteiger partial charge in [-0.1, -0.05) is 23.7 Å². The zero-order valence-corrected chi connectivity index (χ0v) is 12.6. The molecule has 0 aliphatic heterocycles. The number of nitrogens with zero attached hydrogens (tertiary/aromatic N) is 1. The molecule has 1 amide bonds. The highest BCUT2D eigenvalue weighted by molar-refractivity contribution is 6.30. The molecular formula is C16H14ClFN2O2. The van der Waals surface area contributed by atoms with E-state index in [-0.39, 0.29) is 10.9 Å². The fraction of sp³-hybridized carbons (Fsp3) is 0.125. The predicted molar refractivity (Wildman–Crippen MR) is 83.1 cm³/mol. The van der Waals surface area contributed by atoms with Crippen molar-refractivity contribution >= 4 is 23.6 Å². The number of methoxy groups -OCH3 is 1. The van der Waals surface area contributed by atoms with Crippen LogP contribution >= 0.6 is 11.6 Å². The Labute approximate surface area is 132 Å². The van der Waals surface area contributed by atoms with Crippen LogP contribution in [0.25, 0.3) is 6.08 Å². The monoisotopic (exact) mass is 320 g/mol. The van der Waals surface area contributed by atoms with Crippen molar-refractivity contribution in [2.24, 2.45) is 0 Å². The van der Waals surface area contributed by atoms with E-state index in [1.807, 2.05) is 6.07 Å². The molecule has 0 unspecified atom stereocenters. The summed E-state index contributed by atoms with van der Waals surface area (Å²) in [5.41, 5.74) is 1.50. The summed E-state index contributed by atoms with van der Waals surface area (Å²) < 4.78 is 18.0. The van der Waals surface area contributed by atoms with Gasteiger partial charge in [0.05, 0.1) is 12.1 Å². The maximum absolute atomic E-state index is 13.0. The van der Waals surface area contributed by atoms with E-state index in [2.05, 4.69) is 10.3 Å². The first kappa shape index (κ1) is 16.0. The molecule has 1 aromatic heterocycles. The number of hydrogen-bond acceptors (Lipinski definition) is 3. The van der Waals surface area contributed by atoms with Gasteiger partial charge >= 0.3 is 0 Å². The number of carbonyl (C=O) groups is 1. The molecule has 0 aliphatic rings. The Morgan fingerprint density at radius 1 is 1.41 bits per heavy atom. The maximum atomic E-state index is 13.0. The second kappa shape index (κ2) is 7.56. The predicted octanol–water partition coefficient (Wildman–Crippen LogP) is 3.21. The topological polar surface area (TPSA) is 51.2 Å². The number of hydrogen-bond donors (Lipinski definition) is 1. The minimum absolute atomic E-state index is 0.0202. The van der Waals surface area contributed by atoms with E-state index in [1.54, 1.807) is 24.4 Å². The molecule has 0 saturated carbocycles. The summed E-state index contributed by atoms with van der Waals surface area (Å²) in [5.74, 6) is -0.241. The molecular weight excluding hydrogens is 307 g/mol. The maximum Gasteiger partial charge on any atom is 0.244 e. The summed E-state index contributed by atoms with van der Waals surface area (Å²) in [7, 11) is 1.54. The van der Waals surface area contributed by atoms with Gasteiger partial charge in [0, 0.05) is 24.9 Å². The van der Waals surface area contributed by atoms with Gasteiger partial charge in [-0.25, -0.2) is 9.37 Å². The van der Waals surface area contributed by atoms with Crippen molar-refractivity contribution in [3.63, 3.8) is 0 Å². The van der Waals surface area contributed by atoms with E-state index < -0.39 is 5.82 Å². The van der Waals surface area contributed by atoms with Crippen LogP contribution in [0, 0.1) is 5.82 Å². The Balaban J connectivity index is 1.89. The molecule has 2 aromatic rings. The summed E-state index contributed by atoms with van der Waals surface area (Å²) in [6, 6.07) is 7.78. The molecule has 0 aliphatic carbocycles. The molecule has 0 fully saturated rings. The van der Waals surface area contributed by atoms with Crippen molar-refractivity contribution < 1.29 is 13.9 Å². The molecule has 0 bridgehead atoms. The zero-order valence-electron chi connectivity index (χ0n) is 11.8. The minimum Gasteiger partial charge on any atom is -0.481 e. The summed E-state index contributed by atoms with van der Waals surface area (Å²) in [5, 5.41) is 2.74. The third-order valence-corrected chi connectivity index (χ3v) is 3.13. The second-order valence-corrected chi connectivity index (χ2v) is 4.84. The lowest BCUT2D eigenvalue weighted by atomic mass is 10.2. The molecule has 6 heteroatoms. The van der Waals surface area contributed by atoms with E-state index in [4.69, 9.17) is 16.3 Å². The SMILES string of the molecule is COc1ccc(CNC(=O)/C=C/c2ccc(F)c(Cl)c2)cn1. The Kier molecular flexibility index (Phi) is 5.49. The van der Waals surface area contributed by atoms with Crippen molar-refractivity contribution in [1.29, 1.82) is 0 Å². The van der Waals surface area contributed by atoms with Crippen molar-refractivity contribution in [3.8, 4) is 5.88 Å².